The van der Waals surface area contributed by atoms with Gasteiger partial charge in [0.2, 0.25) is 0 Å². The number of ether oxygens (including phenoxy) is 2. The summed E-state index contributed by atoms with van der Waals surface area (Å²) in [5.41, 5.74) is 4.47. The lowest BCUT2D eigenvalue weighted by molar-refractivity contribution is 0.0650. The smallest absolute Gasteiger partial charge is 0.263 e. The van der Waals surface area contributed by atoms with Gasteiger partial charge in [0.15, 0.2) is 0 Å². The van der Waals surface area contributed by atoms with Gasteiger partial charge in [-0.15, -0.1) is 0 Å². The third kappa shape index (κ3) is 4.48. The third-order valence-electron chi connectivity index (χ3n) is 7.35. The molecule has 0 aromatic heterocycles. The molecule has 0 saturated carbocycles. The second-order valence-corrected chi connectivity index (χ2v) is 9.67. The lowest BCUT2D eigenvalue weighted by Gasteiger charge is -2.19. The normalized spacial score (nSPS) is 13.8. The molecule has 42 heavy (non-hydrogen) atoms. The number of benzene rings is 4. The molecule has 2 aliphatic heterocycles. The van der Waals surface area contributed by atoms with E-state index in [1.807, 2.05) is 36.4 Å². The van der Waals surface area contributed by atoms with Gasteiger partial charge >= 0.3 is 0 Å². The van der Waals surface area contributed by atoms with Gasteiger partial charge in [-0.1, -0.05) is 36.4 Å². The van der Waals surface area contributed by atoms with Gasteiger partial charge in [-0.25, -0.2) is 0 Å². The zero-order valence-corrected chi connectivity index (χ0v) is 22.8. The molecule has 210 valence electrons. The molecule has 10 nitrogen and oxygen atoms in total. The molecule has 0 bridgehead atoms. The van der Waals surface area contributed by atoms with E-state index in [9.17, 15) is 19.2 Å². The maximum atomic E-state index is 12.7. The molecule has 0 spiro atoms. The molecule has 6 rings (SSSR count). The van der Waals surface area contributed by atoms with Crippen LogP contribution in [0.1, 0.15) is 41.4 Å². The van der Waals surface area contributed by atoms with Crippen LogP contribution in [0.15, 0.2) is 84.9 Å². The van der Waals surface area contributed by atoms with Crippen LogP contribution in [-0.4, -0.2) is 61.0 Å². The largest absolute Gasteiger partial charge is 0.495 e. The summed E-state index contributed by atoms with van der Waals surface area (Å²) in [5, 5.41) is 6.27. The first-order chi connectivity index (χ1) is 20.4. The van der Waals surface area contributed by atoms with Crippen LogP contribution in [0, 0.1) is 0 Å². The Morgan fingerprint density at radius 2 is 0.857 bits per heavy atom. The molecule has 0 aliphatic carbocycles. The van der Waals surface area contributed by atoms with Crippen molar-refractivity contribution in [1.29, 1.82) is 0 Å². The minimum atomic E-state index is -0.345. The van der Waals surface area contributed by atoms with Crippen molar-refractivity contribution in [3.63, 3.8) is 0 Å². The van der Waals surface area contributed by atoms with E-state index in [2.05, 4.69) is 10.6 Å². The highest BCUT2D eigenvalue weighted by molar-refractivity contribution is 6.22. The molecule has 4 aromatic carbocycles. The lowest BCUT2D eigenvalue weighted by Crippen LogP contribution is -2.34. The van der Waals surface area contributed by atoms with Gasteiger partial charge in [0.25, 0.3) is 23.6 Å². The van der Waals surface area contributed by atoms with Gasteiger partial charge in [0.1, 0.15) is 11.5 Å². The molecule has 4 amide bonds. The number of carbonyl (C=O) groups excluding carboxylic acids is 4. The van der Waals surface area contributed by atoms with Crippen molar-refractivity contribution in [2.75, 3.05) is 38.2 Å². The van der Waals surface area contributed by atoms with Crippen LogP contribution < -0.4 is 20.1 Å². The Hall–Kier alpha value is -5.64. The number of hydrogen-bond donors (Lipinski definition) is 2. The van der Waals surface area contributed by atoms with E-state index in [1.165, 1.54) is 0 Å². The molecule has 0 saturated heterocycles. The molecule has 0 atom stereocenters. The average Bonchev–Trinajstić information content (AvgIpc) is 3.42. The highest BCUT2D eigenvalue weighted by Crippen LogP contribution is 2.35. The molecule has 2 heterocycles. The summed E-state index contributed by atoms with van der Waals surface area (Å²) in [6, 6.07) is 24.6. The molecule has 0 radical (unpaired) electrons. The van der Waals surface area contributed by atoms with Gasteiger partial charge in [-0.2, -0.15) is 0 Å². The van der Waals surface area contributed by atoms with Gasteiger partial charge in [0, 0.05) is 0 Å². The number of carbonyl (C=O) groups is 4. The first kappa shape index (κ1) is 26.6. The number of nitrogens with one attached hydrogen (secondary N) is 2. The zero-order valence-electron chi connectivity index (χ0n) is 22.8. The Labute approximate surface area is 241 Å². The van der Waals surface area contributed by atoms with E-state index in [4.69, 9.17) is 9.47 Å². The van der Waals surface area contributed by atoms with E-state index >= 15 is 0 Å². The highest BCUT2D eigenvalue weighted by Gasteiger charge is 2.36. The van der Waals surface area contributed by atoms with E-state index in [0.717, 1.165) is 20.9 Å². The maximum Gasteiger partial charge on any atom is 0.263 e. The van der Waals surface area contributed by atoms with Crippen LogP contribution in [0.5, 0.6) is 11.5 Å². The molecule has 2 N–H and O–H groups in total. The summed E-state index contributed by atoms with van der Waals surface area (Å²) in [7, 11) is 3.08. The van der Waals surface area contributed by atoms with Crippen molar-refractivity contribution in [2.24, 2.45) is 0 Å². The fourth-order valence-electron chi connectivity index (χ4n) is 5.13. The van der Waals surface area contributed by atoms with Crippen molar-refractivity contribution < 1.29 is 28.7 Å². The van der Waals surface area contributed by atoms with Crippen molar-refractivity contribution in [1.82, 2.24) is 9.80 Å². The average molecular weight is 563 g/mol. The van der Waals surface area contributed by atoms with Crippen molar-refractivity contribution in [3.05, 3.63) is 107 Å². The van der Waals surface area contributed by atoms with E-state index in [1.54, 1.807) is 62.8 Å². The predicted octanol–water partition coefficient (Wildman–Crippen LogP) is 4.70. The van der Waals surface area contributed by atoms with Gasteiger partial charge in [-0.3, -0.25) is 29.0 Å². The van der Waals surface area contributed by atoms with Crippen LogP contribution in [-0.2, 0) is 0 Å². The summed E-state index contributed by atoms with van der Waals surface area (Å²) in [5.74, 6) is -0.332. The second-order valence-electron chi connectivity index (χ2n) is 9.67. The first-order valence-electron chi connectivity index (χ1n) is 13.2. The van der Waals surface area contributed by atoms with Crippen molar-refractivity contribution in [3.8, 4) is 22.6 Å². The molecule has 2 aliphatic rings. The number of imide groups is 2. The lowest BCUT2D eigenvalue weighted by atomic mass is 10.0. The molecular weight excluding hydrogens is 536 g/mol. The van der Waals surface area contributed by atoms with E-state index < -0.39 is 0 Å². The van der Waals surface area contributed by atoms with Gasteiger partial charge < -0.3 is 20.1 Å². The number of methoxy groups -OCH3 is 2. The zero-order chi connectivity index (χ0) is 29.4. The number of anilines is 2. The van der Waals surface area contributed by atoms with Crippen LogP contribution in [0.3, 0.4) is 0 Å². The van der Waals surface area contributed by atoms with Crippen LogP contribution in [0.4, 0.5) is 11.4 Å². The Morgan fingerprint density at radius 3 is 1.17 bits per heavy atom. The first-order valence-corrected chi connectivity index (χ1v) is 13.2. The summed E-state index contributed by atoms with van der Waals surface area (Å²) in [4.78, 5) is 53.1. The Balaban J connectivity index is 1.15. The Morgan fingerprint density at radius 1 is 0.524 bits per heavy atom. The minimum Gasteiger partial charge on any atom is -0.495 e. The SMILES string of the molecule is COc1cc(-c2ccc(NCN3C(=O)c4ccccc4C3=O)c(OC)c2)ccc1NCN1C(=O)c2ccccc2C1=O. The summed E-state index contributed by atoms with van der Waals surface area (Å²) < 4.78 is 11.2. The number of nitrogens with zero attached hydrogens (tertiary/aromatic N) is 2. The molecule has 0 fully saturated rings. The predicted molar refractivity (Wildman–Crippen MR) is 156 cm³/mol. The Bertz CT molecular complexity index is 1570. The minimum absolute atomic E-state index is 0.0106. The standard InChI is InChI=1S/C32H26N4O6/c1-41-27-15-19(11-13-25(27)33-17-35-29(37)21-7-3-4-8-22(21)30(35)38)20-12-14-26(28(16-20)42-2)34-18-36-31(39)23-9-5-6-10-24(23)32(36)40/h3-16,33-34H,17-18H2,1-2H3. The van der Waals surface area contributed by atoms with Crippen LogP contribution in [0.2, 0.25) is 0 Å². The molecular formula is C32H26N4O6. The number of amides is 4. The fourth-order valence-corrected chi connectivity index (χ4v) is 5.13. The topological polar surface area (TPSA) is 117 Å². The molecule has 4 aromatic rings. The van der Waals surface area contributed by atoms with Crippen LogP contribution >= 0.6 is 0 Å². The molecule has 0 unspecified atom stereocenters. The molecule has 10 heteroatoms. The van der Waals surface area contributed by atoms with Gasteiger partial charge in [-0.05, 0) is 59.7 Å². The number of rotatable bonds is 9. The number of fused-ring (bicyclic) bond motifs is 2. The van der Waals surface area contributed by atoms with Crippen molar-refractivity contribution in [2.45, 2.75) is 0 Å². The highest BCUT2D eigenvalue weighted by atomic mass is 16.5. The van der Waals surface area contributed by atoms with E-state index in [0.29, 0.717) is 45.1 Å². The summed E-state index contributed by atoms with van der Waals surface area (Å²) in [6.07, 6.45) is 0. The monoisotopic (exact) mass is 562 g/mol. The Kier molecular flexibility index (Phi) is 6.79. The summed E-state index contributed by atoms with van der Waals surface area (Å²) in [6.45, 7) is -0.0211. The summed E-state index contributed by atoms with van der Waals surface area (Å²) >= 11 is 0. The fraction of sp³-hybridized carbons (Fsp3) is 0.125. The van der Waals surface area contributed by atoms with Crippen molar-refractivity contribution >= 4 is 35.0 Å². The third-order valence-corrected chi connectivity index (χ3v) is 7.35. The quantitative estimate of drug-likeness (QED) is 0.282. The maximum absolute atomic E-state index is 12.7. The van der Waals surface area contributed by atoms with E-state index in [-0.39, 0.29) is 37.0 Å². The van der Waals surface area contributed by atoms with Gasteiger partial charge in [0.05, 0.1) is 61.2 Å². The number of hydrogen-bond acceptors (Lipinski definition) is 8. The van der Waals surface area contributed by atoms with Crippen LogP contribution in [0.25, 0.3) is 11.1 Å². The second kappa shape index (κ2) is 10.7.